The highest BCUT2D eigenvalue weighted by Crippen LogP contribution is 2.26. The minimum absolute atomic E-state index is 0.179. The molecule has 3 heteroatoms. The zero-order chi connectivity index (χ0) is 14.7. The summed E-state index contributed by atoms with van der Waals surface area (Å²) in [7, 11) is 1.95. The maximum absolute atomic E-state index is 13.2. The lowest BCUT2D eigenvalue weighted by atomic mass is 9.92. The molecule has 2 aromatic carbocycles. The summed E-state index contributed by atoms with van der Waals surface area (Å²) in [4.78, 5) is 0. The lowest BCUT2D eigenvalue weighted by molar-refractivity contribution is 0.583. The van der Waals surface area contributed by atoms with E-state index in [1.807, 2.05) is 7.05 Å². The van der Waals surface area contributed by atoms with E-state index in [2.05, 4.69) is 37.4 Å². The Morgan fingerprint density at radius 2 is 1.80 bits per heavy atom. The second-order valence-electron chi connectivity index (χ2n) is 5.10. The second-order valence-corrected chi connectivity index (χ2v) is 5.51. The number of hydrogen-bond acceptors (Lipinski definition) is 1. The third-order valence-electron chi connectivity index (χ3n) is 3.66. The number of aryl methyl sites for hydroxylation is 2. The molecule has 2 rings (SSSR count). The summed E-state index contributed by atoms with van der Waals surface area (Å²) in [5.74, 6) is -0.372. The molecule has 0 amide bonds. The quantitative estimate of drug-likeness (QED) is 0.868. The average Bonchev–Trinajstić information content (AvgIpc) is 2.41. The van der Waals surface area contributed by atoms with Crippen molar-refractivity contribution in [3.63, 3.8) is 0 Å². The molecule has 0 spiro atoms. The van der Waals surface area contributed by atoms with Crippen molar-refractivity contribution in [2.45, 2.75) is 26.3 Å². The Morgan fingerprint density at radius 3 is 2.35 bits per heavy atom. The predicted molar refractivity (Wildman–Crippen MR) is 82.8 cm³/mol. The number of nitrogens with one attached hydrogen (secondary N) is 1. The van der Waals surface area contributed by atoms with E-state index in [0.717, 1.165) is 12.0 Å². The van der Waals surface area contributed by atoms with Gasteiger partial charge in [0.15, 0.2) is 0 Å². The minimum atomic E-state index is -0.372. The normalized spacial score (nSPS) is 12.4. The third kappa shape index (κ3) is 3.20. The molecule has 0 fully saturated rings. The highest BCUT2D eigenvalue weighted by atomic mass is 35.5. The molecule has 1 N–H and O–H groups in total. The summed E-state index contributed by atoms with van der Waals surface area (Å²) in [5.41, 5.74) is 4.85. The Bertz CT molecular complexity index is 590. The van der Waals surface area contributed by atoms with Gasteiger partial charge in [-0.2, -0.15) is 0 Å². The van der Waals surface area contributed by atoms with Gasteiger partial charge in [-0.25, -0.2) is 4.39 Å². The van der Waals surface area contributed by atoms with Gasteiger partial charge in [0, 0.05) is 6.04 Å². The first-order chi connectivity index (χ1) is 9.52. The maximum atomic E-state index is 13.2. The lowest BCUT2D eigenvalue weighted by Gasteiger charge is -2.21. The van der Waals surface area contributed by atoms with E-state index < -0.39 is 0 Å². The summed E-state index contributed by atoms with van der Waals surface area (Å²) in [6, 6.07) is 11.4. The summed E-state index contributed by atoms with van der Waals surface area (Å²) in [5, 5.41) is 3.53. The molecule has 0 saturated carbocycles. The number of benzene rings is 2. The van der Waals surface area contributed by atoms with Crippen molar-refractivity contribution in [3.8, 4) is 0 Å². The molecule has 1 atom stereocenters. The molecule has 1 nitrogen and oxygen atoms in total. The van der Waals surface area contributed by atoms with E-state index >= 15 is 0 Å². The molecule has 0 bridgehead atoms. The predicted octanol–water partition coefficient (Wildman–Crippen LogP) is 4.60. The summed E-state index contributed by atoms with van der Waals surface area (Å²) < 4.78 is 13.2. The first-order valence-corrected chi connectivity index (χ1v) is 7.08. The fourth-order valence-electron chi connectivity index (χ4n) is 2.63. The van der Waals surface area contributed by atoms with Gasteiger partial charge in [-0.3, -0.25) is 0 Å². The summed E-state index contributed by atoms with van der Waals surface area (Å²) >= 11 is 5.85. The van der Waals surface area contributed by atoms with Crippen LogP contribution in [-0.4, -0.2) is 7.05 Å². The Balaban J connectivity index is 2.31. The monoisotopic (exact) mass is 291 g/mol. The lowest BCUT2D eigenvalue weighted by Crippen LogP contribution is -2.21. The molecular formula is C17H19ClFN. The van der Waals surface area contributed by atoms with Crippen LogP contribution in [0, 0.1) is 19.7 Å². The molecular weight excluding hydrogens is 273 g/mol. The standard InChI is InChI=1S/C17H19ClFN/c1-11-5-4-6-12(2)17(11)16(20-3)10-13-7-8-15(19)14(18)9-13/h4-9,16,20H,10H2,1-3H3. The fourth-order valence-corrected chi connectivity index (χ4v) is 2.83. The van der Waals surface area contributed by atoms with Gasteiger partial charge in [0.1, 0.15) is 5.82 Å². The van der Waals surface area contributed by atoms with Gasteiger partial charge in [-0.05, 0) is 61.7 Å². The molecule has 2 aromatic rings. The molecule has 0 aliphatic heterocycles. The first-order valence-electron chi connectivity index (χ1n) is 6.70. The molecule has 0 saturated heterocycles. The van der Waals surface area contributed by atoms with Crippen molar-refractivity contribution >= 4 is 11.6 Å². The fraction of sp³-hybridized carbons (Fsp3) is 0.294. The van der Waals surface area contributed by atoms with Gasteiger partial charge in [0.05, 0.1) is 5.02 Å². The van der Waals surface area contributed by atoms with Crippen LogP contribution < -0.4 is 5.32 Å². The van der Waals surface area contributed by atoms with Crippen molar-refractivity contribution in [1.82, 2.24) is 5.32 Å². The third-order valence-corrected chi connectivity index (χ3v) is 3.95. The van der Waals surface area contributed by atoms with Crippen LogP contribution in [0.4, 0.5) is 4.39 Å². The van der Waals surface area contributed by atoms with E-state index in [1.165, 1.54) is 22.8 Å². The van der Waals surface area contributed by atoms with Gasteiger partial charge in [-0.1, -0.05) is 35.9 Å². The van der Waals surface area contributed by atoms with E-state index in [1.54, 1.807) is 12.1 Å². The van der Waals surface area contributed by atoms with Crippen LogP contribution >= 0.6 is 11.6 Å². The van der Waals surface area contributed by atoms with Gasteiger partial charge in [0.2, 0.25) is 0 Å². The van der Waals surface area contributed by atoms with E-state index in [0.29, 0.717) is 0 Å². The number of likely N-dealkylation sites (N-methyl/N-ethyl adjacent to an activating group) is 1. The second kappa shape index (κ2) is 6.38. The van der Waals surface area contributed by atoms with Crippen LogP contribution in [0.5, 0.6) is 0 Å². The molecule has 0 aromatic heterocycles. The molecule has 0 aliphatic rings. The Kier molecular flexibility index (Phi) is 4.79. The van der Waals surface area contributed by atoms with Crippen LogP contribution in [0.2, 0.25) is 5.02 Å². The molecule has 106 valence electrons. The molecule has 0 heterocycles. The van der Waals surface area contributed by atoms with Crippen LogP contribution in [-0.2, 0) is 6.42 Å². The van der Waals surface area contributed by atoms with Gasteiger partial charge < -0.3 is 5.32 Å². The van der Waals surface area contributed by atoms with E-state index in [-0.39, 0.29) is 16.9 Å². The number of rotatable bonds is 4. The summed E-state index contributed by atoms with van der Waals surface area (Å²) in [6.45, 7) is 4.23. The van der Waals surface area contributed by atoms with E-state index in [4.69, 9.17) is 11.6 Å². The average molecular weight is 292 g/mol. The number of hydrogen-bond donors (Lipinski definition) is 1. The zero-order valence-electron chi connectivity index (χ0n) is 12.0. The largest absolute Gasteiger partial charge is 0.313 e. The smallest absolute Gasteiger partial charge is 0.141 e. The Hall–Kier alpha value is -1.38. The molecule has 1 unspecified atom stereocenters. The first kappa shape index (κ1) is 15.0. The SMILES string of the molecule is CNC(Cc1ccc(F)c(Cl)c1)c1c(C)cccc1C. The summed E-state index contributed by atoms with van der Waals surface area (Å²) in [6.07, 6.45) is 0.780. The van der Waals surface area contributed by atoms with Crippen LogP contribution in [0.1, 0.15) is 28.3 Å². The van der Waals surface area contributed by atoms with Gasteiger partial charge in [-0.15, -0.1) is 0 Å². The highest BCUT2D eigenvalue weighted by molar-refractivity contribution is 6.30. The van der Waals surface area contributed by atoms with Crippen LogP contribution in [0.15, 0.2) is 36.4 Å². The van der Waals surface area contributed by atoms with Crippen molar-refractivity contribution in [1.29, 1.82) is 0 Å². The Morgan fingerprint density at radius 1 is 1.15 bits per heavy atom. The molecule has 20 heavy (non-hydrogen) atoms. The minimum Gasteiger partial charge on any atom is -0.313 e. The van der Waals surface area contributed by atoms with Crippen molar-refractivity contribution in [3.05, 3.63) is 69.5 Å². The topological polar surface area (TPSA) is 12.0 Å². The van der Waals surface area contributed by atoms with Gasteiger partial charge >= 0.3 is 0 Å². The maximum Gasteiger partial charge on any atom is 0.141 e. The van der Waals surface area contributed by atoms with Crippen molar-refractivity contribution in [2.75, 3.05) is 7.05 Å². The zero-order valence-corrected chi connectivity index (χ0v) is 12.8. The van der Waals surface area contributed by atoms with Crippen molar-refractivity contribution < 1.29 is 4.39 Å². The molecule has 0 aliphatic carbocycles. The van der Waals surface area contributed by atoms with Crippen LogP contribution in [0.3, 0.4) is 0 Å². The Labute approximate surface area is 124 Å². The van der Waals surface area contributed by atoms with E-state index in [9.17, 15) is 4.39 Å². The molecule has 0 radical (unpaired) electrons. The van der Waals surface area contributed by atoms with Gasteiger partial charge in [0.25, 0.3) is 0 Å². The van der Waals surface area contributed by atoms with Crippen molar-refractivity contribution in [2.24, 2.45) is 0 Å². The highest BCUT2D eigenvalue weighted by Gasteiger charge is 2.15. The van der Waals surface area contributed by atoms with Crippen LogP contribution in [0.25, 0.3) is 0 Å². The number of halogens is 2.